The van der Waals surface area contributed by atoms with Crippen molar-refractivity contribution in [2.45, 2.75) is 13.0 Å². The van der Waals surface area contributed by atoms with Crippen LogP contribution >= 0.6 is 11.6 Å². The van der Waals surface area contributed by atoms with Crippen molar-refractivity contribution in [3.8, 4) is 5.75 Å². The normalized spacial score (nSPS) is 16.6. The standard InChI is InChI=1S/C19H18ClN3O3/c1-11-16(18(24)22-14-5-3-4-13(20)10-14)17(23-19(25)21-11)12-6-8-15(26-2)9-7-12/h3-10,17H,1-2H3,(H,22,24)(H2,21,23,25)/t17-/m1/s1. The first kappa shape index (κ1) is 17.8. The number of ether oxygens (including phenoxy) is 1. The van der Waals surface area contributed by atoms with Crippen molar-refractivity contribution in [1.82, 2.24) is 10.6 Å². The van der Waals surface area contributed by atoms with Gasteiger partial charge >= 0.3 is 6.03 Å². The summed E-state index contributed by atoms with van der Waals surface area (Å²) in [6.07, 6.45) is 0. The first-order valence-corrected chi connectivity index (χ1v) is 8.35. The number of urea groups is 1. The molecule has 0 aromatic heterocycles. The minimum atomic E-state index is -0.575. The van der Waals surface area contributed by atoms with Gasteiger partial charge in [-0.1, -0.05) is 29.8 Å². The van der Waals surface area contributed by atoms with E-state index in [1.165, 1.54) is 0 Å². The summed E-state index contributed by atoms with van der Waals surface area (Å²) >= 11 is 5.97. The molecule has 3 N–H and O–H groups in total. The van der Waals surface area contributed by atoms with Gasteiger partial charge in [0, 0.05) is 16.4 Å². The second kappa shape index (κ2) is 7.49. The van der Waals surface area contributed by atoms with Crippen LogP contribution in [0, 0.1) is 0 Å². The van der Waals surface area contributed by atoms with Crippen LogP contribution in [0.15, 0.2) is 59.8 Å². The van der Waals surface area contributed by atoms with Gasteiger partial charge in [0.1, 0.15) is 5.75 Å². The zero-order valence-electron chi connectivity index (χ0n) is 14.3. The predicted octanol–water partition coefficient (Wildman–Crippen LogP) is 3.62. The molecule has 0 bridgehead atoms. The van der Waals surface area contributed by atoms with E-state index in [4.69, 9.17) is 16.3 Å². The Hall–Kier alpha value is -2.99. The molecular formula is C19H18ClN3O3. The van der Waals surface area contributed by atoms with Crippen molar-refractivity contribution in [2.24, 2.45) is 0 Å². The molecule has 1 aliphatic rings. The van der Waals surface area contributed by atoms with Gasteiger partial charge in [-0.2, -0.15) is 0 Å². The highest BCUT2D eigenvalue weighted by atomic mass is 35.5. The van der Waals surface area contributed by atoms with Gasteiger partial charge in [-0.15, -0.1) is 0 Å². The zero-order chi connectivity index (χ0) is 18.7. The molecule has 3 amide bonds. The highest BCUT2D eigenvalue weighted by molar-refractivity contribution is 6.31. The highest BCUT2D eigenvalue weighted by Gasteiger charge is 2.31. The van der Waals surface area contributed by atoms with Crippen molar-refractivity contribution in [1.29, 1.82) is 0 Å². The quantitative estimate of drug-likeness (QED) is 0.768. The van der Waals surface area contributed by atoms with Gasteiger partial charge in [0.15, 0.2) is 0 Å². The van der Waals surface area contributed by atoms with Gasteiger partial charge in [0.2, 0.25) is 0 Å². The maximum absolute atomic E-state index is 12.9. The van der Waals surface area contributed by atoms with Gasteiger partial charge in [-0.3, -0.25) is 4.79 Å². The fourth-order valence-corrected chi connectivity index (χ4v) is 3.00. The molecule has 134 valence electrons. The van der Waals surface area contributed by atoms with Crippen molar-refractivity contribution >= 4 is 29.2 Å². The number of hydrogen-bond acceptors (Lipinski definition) is 3. The Bertz CT molecular complexity index is 878. The number of allylic oxidation sites excluding steroid dienone is 1. The summed E-state index contributed by atoms with van der Waals surface area (Å²) in [5.41, 5.74) is 2.27. The molecular weight excluding hydrogens is 354 g/mol. The molecule has 2 aromatic rings. The van der Waals surface area contributed by atoms with Crippen LogP contribution in [0.5, 0.6) is 5.75 Å². The van der Waals surface area contributed by atoms with E-state index >= 15 is 0 Å². The molecule has 6 nitrogen and oxygen atoms in total. The van der Waals surface area contributed by atoms with E-state index < -0.39 is 6.04 Å². The van der Waals surface area contributed by atoms with Crippen molar-refractivity contribution in [2.75, 3.05) is 12.4 Å². The minimum absolute atomic E-state index is 0.321. The number of amides is 3. The maximum Gasteiger partial charge on any atom is 0.319 e. The SMILES string of the molecule is COc1ccc([C@H]2NC(=O)NC(C)=C2C(=O)Nc2cccc(Cl)c2)cc1. The van der Waals surface area contributed by atoms with Crippen LogP contribution in [0.3, 0.4) is 0 Å². The molecule has 0 fully saturated rings. The monoisotopic (exact) mass is 371 g/mol. The van der Waals surface area contributed by atoms with E-state index in [1.54, 1.807) is 50.4 Å². The number of carbonyl (C=O) groups excluding carboxylic acids is 2. The Labute approximate surface area is 156 Å². The summed E-state index contributed by atoms with van der Waals surface area (Å²) in [5, 5.41) is 8.79. The topological polar surface area (TPSA) is 79.5 Å². The number of methoxy groups -OCH3 is 1. The molecule has 3 rings (SSSR count). The number of hydrogen-bond donors (Lipinski definition) is 3. The average molecular weight is 372 g/mol. The predicted molar refractivity (Wildman–Crippen MR) is 100 cm³/mol. The molecule has 7 heteroatoms. The lowest BCUT2D eigenvalue weighted by molar-refractivity contribution is -0.113. The first-order valence-electron chi connectivity index (χ1n) is 7.97. The third-order valence-electron chi connectivity index (χ3n) is 4.05. The molecule has 0 spiro atoms. The summed E-state index contributed by atoms with van der Waals surface area (Å²) in [5.74, 6) is 0.373. The number of anilines is 1. The number of rotatable bonds is 4. The number of carbonyl (C=O) groups is 2. The Balaban J connectivity index is 1.93. The summed E-state index contributed by atoms with van der Waals surface area (Å²) < 4.78 is 5.16. The van der Waals surface area contributed by atoms with E-state index in [-0.39, 0.29) is 11.9 Å². The van der Waals surface area contributed by atoms with E-state index in [9.17, 15) is 9.59 Å². The Morgan fingerprint density at radius 3 is 2.58 bits per heavy atom. The fourth-order valence-electron chi connectivity index (χ4n) is 2.81. The average Bonchev–Trinajstić information content (AvgIpc) is 2.61. The van der Waals surface area contributed by atoms with E-state index in [1.807, 2.05) is 12.1 Å². The molecule has 1 aliphatic heterocycles. The summed E-state index contributed by atoms with van der Waals surface area (Å²) in [6.45, 7) is 1.70. The lowest BCUT2D eigenvalue weighted by Crippen LogP contribution is -2.45. The first-order chi connectivity index (χ1) is 12.5. The van der Waals surface area contributed by atoms with E-state index in [0.29, 0.717) is 27.7 Å². The Morgan fingerprint density at radius 1 is 1.19 bits per heavy atom. The van der Waals surface area contributed by atoms with Gasteiger partial charge in [0.25, 0.3) is 5.91 Å². The third kappa shape index (κ3) is 3.81. The Kier molecular flexibility index (Phi) is 5.14. The van der Waals surface area contributed by atoms with Crippen LogP contribution in [0.1, 0.15) is 18.5 Å². The summed E-state index contributed by atoms with van der Waals surface area (Å²) in [4.78, 5) is 24.8. The second-order valence-electron chi connectivity index (χ2n) is 5.81. The van der Waals surface area contributed by atoms with Crippen LogP contribution < -0.4 is 20.7 Å². The van der Waals surface area contributed by atoms with Crippen molar-refractivity contribution in [3.05, 3.63) is 70.4 Å². The molecule has 0 aliphatic carbocycles. The van der Waals surface area contributed by atoms with Crippen LogP contribution in [-0.2, 0) is 4.79 Å². The van der Waals surface area contributed by atoms with Crippen LogP contribution in [-0.4, -0.2) is 19.0 Å². The lowest BCUT2D eigenvalue weighted by atomic mass is 9.94. The van der Waals surface area contributed by atoms with Gasteiger partial charge < -0.3 is 20.7 Å². The highest BCUT2D eigenvalue weighted by Crippen LogP contribution is 2.29. The molecule has 2 aromatic carbocycles. The van der Waals surface area contributed by atoms with Gasteiger partial charge in [0.05, 0.1) is 18.7 Å². The summed E-state index contributed by atoms with van der Waals surface area (Å²) in [6, 6.07) is 13.1. The van der Waals surface area contributed by atoms with Crippen LogP contribution in [0.4, 0.5) is 10.5 Å². The fraction of sp³-hybridized carbons (Fsp3) is 0.158. The largest absolute Gasteiger partial charge is 0.497 e. The van der Waals surface area contributed by atoms with Crippen LogP contribution in [0.2, 0.25) is 5.02 Å². The smallest absolute Gasteiger partial charge is 0.319 e. The molecule has 1 atom stereocenters. The van der Waals surface area contributed by atoms with Gasteiger partial charge in [-0.25, -0.2) is 4.79 Å². The summed E-state index contributed by atoms with van der Waals surface area (Å²) in [7, 11) is 1.58. The molecule has 0 saturated carbocycles. The Morgan fingerprint density at radius 2 is 1.92 bits per heavy atom. The zero-order valence-corrected chi connectivity index (χ0v) is 15.1. The number of halogens is 1. The second-order valence-corrected chi connectivity index (χ2v) is 6.24. The molecule has 0 radical (unpaired) electrons. The third-order valence-corrected chi connectivity index (χ3v) is 4.28. The van der Waals surface area contributed by atoms with Crippen LogP contribution in [0.25, 0.3) is 0 Å². The van der Waals surface area contributed by atoms with E-state index in [2.05, 4.69) is 16.0 Å². The van der Waals surface area contributed by atoms with Crippen molar-refractivity contribution in [3.63, 3.8) is 0 Å². The molecule has 0 unspecified atom stereocenters. The van der Waals surface area contributed by atoms with Crippen molar-refractivity contribution < 1.29 is 14.3 Å². The number of nitrogens with one attached hydrogen (secondary N) is 3. The number of benzene rings is 2. The molecule has 26 heavy (non-hydrogen) atoms. The minimum Gasteiger partial charge on any atom is -0.497 e. The maximum atomic E-state index is 12.9. The molecule has 0 saturated heterocycles. The van der Waals surface area contributed by atoms with E-state index in [0.717, 1.165) is 5.56 Å². The lowest BCUT2D eigenvalue weighted by Gasteiger charge is -2.28. The molecule has 1 heterocycles. The van der Waals surface area contributed by atoms with Gasteiger partial charge in [-0.05, 0) is 42.8 Å².